The summed E-state index contributed by atoms with van der Waals surface area (Å²) in [6.45, 7) is 15.5. The minimum Gasteiger partial charge on any atom is -0.368 e. The van der Waals surface area contributed by atoms with E-state index in [9.17, 15) is 0 Å². The van der Waals surface area contributed by atoms with Crippen LogP contribution in [0.2, 0.25) is 0 Å². The van der Waals surface area contributed by atoms with Crippen LogP contribution >= 0.6 is 11.8 Å². The summed E-state index contributed by atoms with van der Waals surface area (Å²) < 4.78 is 6.39. The Kier molecular flexibility index (Phi) is 7.04. The van der Waals surface area contributed by atoms with Crippen LogP contribution in [0.1, 0.15) is 48.0 Å². The molecule has 3 nitrogen and oxygen atoms in total. The molecular weight excluding hydrogens is 280 g/mol. The molecule has 126 valence electrons. The van der Waals surface area contributed by atoms with Crippen molar-refractivity contribution in [3.8, 4) is 0 Å². The van der Waals surface area contributed by atoms with Crippen molar-refractivity contribution >= 4 is 11.8 Å². The Hall–Kier alpha value is 0.230. The molecule has 21 heavy (non-hydrogen) atoms. The standard InChI is InChI=1S/C17H36N2OS/c1-9-13(12-21-8)19(7)11-14-15(18-10-2)17(5,6)20-16(14,3)4/h13-15,18H,9-12H2,1-8H3. The molecule has 0 bridgehead atoms. The van der Waals surface area contributed by atoms with E-state index in [-0.39, 0.29) is 11.2 Å². The lowest BCUT2D eigenvalue weighted by Gasteiger charge is -2.36. The summed E-state index contributed by atoms with van der Waals surface area (Å²) in [5.74, 6) is 1.71. The van der Waals surface area contributed by atoms with Crippen molar-refractivity contribution < 1.29 is 4.74 Å². The van der Waals surface area contributed by atoms with Gasteiger partial charge < -0.3 is 15.0 Å². The Bertz CT molecular complexity index is 320. The van der Waals surface area contributed by atoms with E-state index in [4.69, 9.17) is 4.74 Å². The fourth-order valence-electron chi connectivity index (χ4n) is 3.84. The van der Waals surface area contributed by atoms with Gasteiger partial charge in [-0.15, -0.1) is 0 Å². The lowest BCUT2D eigenvalue weighted by molar-refractivity contribution is -0.0796. The zero-order valence-corrected chi connectivity index (χ0v) is 16.1. The first-order chi connectivity index (χ1) is 9.69. The number of thioether (sulfide) groups is 1. The maximum atomic E-state index is 6.39. The van der Waals surface area contributed by atoms with Gasteiger partial charge in [0, 0.05) is 30.3 Å². The van der Waals surface area contributed by atoms with Crippen molar-refractivity contribution in [1.82, 2.24) is 10.2 Å². The van der Waals surface area contributed by atoms with E-state index in [2.05, 4.69) is 65.1 Å². The summed E-state index contributed by atoms with van der Waals surface area (Å²) in [5.41, 5.74) is -0.186. The van der Waals surface area contributed by atoms with Crippen LogP contribution in [-0.4, -0.2) is 60.3 Å². The first-order valence-corrected chi connectivity index (χ1v) is 9.71. The van der Waals surface area contributed by atoms with Gasteiger partial charge in [0.05, 0.1) is 11.2 Å². The van der Waals surface area contributed by atoms with Crippen molar-refractivity contribution in [3.63, 3.8) is 0 Å². The number of hydrogen-bond acceptors (Lipinski definition) is 4. The third kappa shape index (κ3) is 4.60. The zero-order chi connectivity index (χ0) is 16.3. The number of hydrogen-bond donors (Lipinski definition) is 1. The molecule has 1 aliphatic rings. The van der Waals surface area contributed by atoms with E-state index in [1.165, 1.54) is 12.2 Å². The van der Waals surface area contributed by atoms with E-state index < -0.39 is 0 Å². The highest BCUT2D eigenvalue weighted by atomic mass is 32.2. The molecule has 3 atom stereocenters. The molecule has 1 fully saturated rings. The van der Waals surface area contributed by atoms with E-state index in [0.29, 0.717) is 18.0 Å². The summed E-state index contributed by atoms with van der Waals surface area (Å²) in [6.07, 6.45) is 3.41. The Balaban J connectivity index is 2.86. The second kappa shape index (κ2) is 7.67. The minimum atomic E-state index is -0.105. The van der Waals surface area contributed by atoms with Crippen LogP contribution in [-0.2, 0) is 4.74 Å². The van der Waals surface area contributed by atoms with Gasteiger partial charge >= 0.3 is 0 Å². The first kappa shape index (κ1) is 19.3. The normalized spacial score (nSPS) is 29.0. The van der Waals surface area contributed by atoms with Crippen molar-refractivity contribution in [1.29, 1.82) is 0 Å². The monoisotopic (exact) mass is 316 g/mol. The molecular formula is C17H36N2OS. The van der Waals surface area contributed by atoms with Gasteiger partial charge in [-0.3, -0.25) is 0 Å². The van der Waals surface area contributed by atoms with E-state index in [1.54, 1.807) is 0 Å². The van der Waals surface area contributed by atoms with Gasteiger partial charge in [-0.05, 0) is 54.0 Å². The Morgan fingerprint density at radius 3 is 2.29 bits per heavy atom. The molecule has 1 aliphatic heterocycles. The fraction of sp³-hybridized carbons (Fsp3) is 1.00. The third-order valence-corrected chi connectivity index (χ3v) is 5.65. The summed E-state index contributed by atoms with van der Waals surface area (Å²) in [6, 6.07) is 1.06. The second-order valence-corrected chi connectivity index (χ2v) is 8.32. The Morgan fingerprint density at radius 2 is 1.81 bits per heavy atom. The minimum absolute atomic E-state index is 0.0811. The largest absolute Gasteiger partial charge is 0.368 e. The van der Waals surface area contributed by atoms with Crippen molar-refractivity contribution in [2.75, 3.05) is 32.1 Å². The predicted octanol–water partition coefficient (Wildman–Crippen LogP) is 3.24. The van der Waals surface area contributed by atoms with Gasteiger partial charge in [-0.1, -0.05) is 13.8 Å². The lowest BCUT2D eigenvalue weighted by atomic mass is 9.82. The smallest absolute Gasteiger partial charge is 0.0790 e. The molecule has 0 aliphatic carbocycles. The number of ether oxygens (including phenoxy) is 1. The summed E-state index contributed by atoms with van der Waals surface area (Å²) >= 11 is 1.94. The summed E-state index contributed by atoms with van der Waals surface area (Å²) in [4.78, 5) is 2.54. The predicted molar refractivity (Wildman–Crippen MR) is 95.3 cm³/mol. The molecule has 4 heteroatoms. The van der Waals surface area contributed by atoms with Crippen LogP contribution in [0.25, 0.3) is 0 Å². The van der Waals surface area contributed by atoms with Gasteiger partial charge in [0.25, 0.3) is 0 Å². The maximum Gasteiger partial charge on any atom is 0.0790 e. The molecule has 1 rings (SSSR count). The van der Waals surface area contributed by atoms with Crippen LogP contribution in [0.15, 0.2) is 0 Å². The average Bonchev–Trinajstić information content (AvgIpc) is 2.54. The van der Waals surface area contributed by atoms with Gasteiger partial charge in [0.2, 0.25) is 0 Å². The van der Waals surface area contributed by atoms with Gasteiger partial charge in [-0.25, -0.2) is 0 Å². The molecule has 1 heterocycles. The first-order valence-electron chi connectivity index (χ1n) is 8.32. The van der Waals surface area contributed by atoms with E-state index >= 15 is 0 Å². The van der Waals surface area contributed by atoms with Crippen LogP contribution in [0.5, 0.6) is 0 Å². The van der Waals surface area contributed by atoms with Gasteiger partial charge in [0.1, 0.15) is 0 Å². The summed E-state index contributed by atoms with van der Waals surface area (Å²) in [7, 11) is 2.27. The molecule has 0 aromatic carbocycles. The zero-order valence-electron chi connectivity index (χ0n) is 15.3. The number of nitrogens with one attached hydrogen (secondary N) is 1. The van der Waals surface area contributed by atoms with Crippen molar-refractivity contribution in [3.05, 3.63) is 0 Å². The fourth-order valence-corrected chi connectivity index (χ4v) is 4.72. The Morgan fingerprint density at radius 1 is 1.19 bits per heavy atom. The van der Waals surface area contributed by atoms with Crippen LogP contribution in [0.3, 0.4) is 0 Å². The number of likely N-dealkylation sites (N-methyl/N-ethyl adjacent to an activating group) is 1. The highest BCUT2D eigenvalue weighted by Gasteiger charge is 2.53. The van der Waals surface area contributed by atoms with Crippen LogP contribution in [0, 0.1) is 5.92 Å². The quantitative estimate of drug-likeness (QED) is 0.743. The number of nitrogens with zero attached hydrogens (tertiary/aromatic N) is 1. The Labute approximate surface area is 136 Å². The summed E-state index contributed by atoms with van der Waals surface area (Å²) in [5, 5.41) is 3.68. The maximum absolute atomic E-state index is 6.39. The number of rotatable bonds is 8. The highest BCUT2D eigenvalue weighted by molar-refractivity contribution is 7.98. The molecule has 1 N–H and O–H groups in total. The molecule has 1 saturated heterocycles. The molecule has 0 aromatic rings. The SMILES string of the molecule is CCNC1C(CN(C)C(CC)CSC)C(C)(C)OC1(C)C. The topological polar surface area (TPSA) is 24.5 Å². The van der Waals surface area contributed by atoms with Gasteiger partial charge in [-0.2, -0.15) is 11.8 Å². The molecule has 0 spiro atoms. The van der Waals surface area contributed by atoms with Crippen LogP contribution in [0.4, 0.5) is 0 Å². The molecule has 3 unspecified atom stereocenters. The third-order valence-electron chi connectivity index (χ3n) is 4.93. The molecule has 0 radical (unpaired) electrons. The van der Waals surface area contributed by atoms with E-state index in [0.717, 1.165) is 13.1 Å². The highest BCUT2D eigenvalue weighted by Crippen LogP contribution is 2.42. The average molecular weight is 317 g/mol. The molecule has 0 saturated carbocycles. The van der Waals surface area contributed by atoms with Crippen molar-refractivity contribution in [2.45, 2.75) is 71.2 Å². The van der Waals surface area contributed by atoms with Crippen molar-refractivity contribution in [2.24, 2.45) is 5.92 Å². The van der Waals surface area contributed by atoms with Crippen LogP contribution < -0.4 is 5.32 Å². The van der Waals surface area contributed by atoms with E-state index in [1.807, 2.05) is 11.8 Å². The van der Waals surface area contributed by atoms with Gasteiger partial charge in [0.15, 0.2) is 0 Å². The lowest BCUT2D eigenvalue weighted by Crippen LogP contribution is -2.51. The molecule has 0 aromatic heterocycles. The molecule has 0 amide bonds. The second-order valence-electron chi connectivity index (χ2n) is 7.41.